The highest BCUT2D eigenvalue weighted by atomic mass is 35.5. The molecule has 2 aromatic heterocycles. The highest BCUT2D eigenvalue weighted by molar-refractivity contribution is 6.33. The van der Waals surface area contributed by atoms with Crippen LogP contribution in [0.2, 0.25) is 5.02 Å². The fourth-order valence-electron chi connectivity index (χ4n) is 5.50. The smallest absolute Gasteiger partial charge is 0.293 e. The Bertz CT molecular complexity index is 1600. The molecule has 2 aliphatic heterocycles. The van der Waals surface area contributed by atoms with Crippen LogP contribution in [0.3, 0.4) is 0 Å². The highest BCUT2D eigenvalue weighted by Crippen LogP contribution is 2.41. The van der Waals surface area contributed by atoms with E-state index in [-0.39, 0.29) is 48.6 Å². The Hall–Kier alpha value is -3.65. The van der Waals surface area contributed by atoms with Gasteiger partial charge in [-0.25, -0.2) is 22.5 Å². The van der Waals surface area contributed by atoms with Crippen molar-refractivity contribution in [3.8, 4) is 5.75 Å². The zero-order chi connectivity index (χ0) is 31.3. The molecule has 5 rings (SSSR count). The summed E-state index contributed by atoms with van der Waals surface area (Å²) in [5.74, 6) is -8.29. The number of pyridine rings is 1. The normalized spacial score (nSPS) is 22.2. The largest absolute Gasteiger partial charge is 0.475 e. The fraction of sp³-hybridized carbons (Fsp3) is 0.500. The number of aromatic nitrogens is 3. The zero-order valence-electron chi connectivity index (χ0n) is 23.8. The van der Waals surface area contributed by atoms with E-state index in [0.717, 1.165) is 0 Å². The van der Waals surface area contributed by atoms with Gasteiger partial charge < -0.3 is 25.3 Å². The average molecular weight is 626 g/mol. The van der Waals surface area contributed by atoms with Crippen LogP contribution in [0.15, 0.2) is 35.3 Å². The quantitative estimate of drug-likeness (QED) is 0.342. The van der Waals surface area contributed by atoms with Crippen molar-refractivity contribution >= 4 is 45.9 Å². The van der Waals surface area contributed by atoms with Gasteiger partial charge in [-0.2, -0.15) is 4.98 Å². The lowest BCUT2D eigenvalue weighted by molar-refractivity contribution is -0.143. The van der Waals surface area contributed by atoms with Crippen LogP contribution in [-0.4, -0.2) is 76.0 Å². The van der Waals surface area contributed by atoms with E-state index in [1.165, 1.54) is 35.6 Å². The number of likely N-dealkylation sites (tertiary alicyclic amines) is 1. The predicted molar refractivity (Wildman–Crippen MR) is 155 cm³/mol. The monoisotopic (exact) mass is 625 g/mol. The van der Waals surface area contributed by atoms with Gasteiger partial charge in [-0.1, -0.05) is 24.6 Å². The summed E-state index contributed by atoms with van der Waals surface area (Å²) in [5.41, 5.74) is 5.89. The number of hydrogen-bond donors (Lipinski definition) is 2. The van der Waals surface area contributed by atoms with Gasteiger partial charge in [-0.15, -0.1) is 0 Å². The zero-order valence-corrected chi connectivity index (χ0v) is 24.5. The standard InChI is InChI=1S/C28H32ClF4N7O3/c1-15-11-40(12-17(28(15,32)33)7-8-39-13-27(30,31)14-39)26-35-10-19(29)24(37-26)36-20-5-4-6-21-18(20)9-22(25(42)38(21)3)43-16(2)23(34)41/h4-6,9-10,15-17H,7-8,11-14H2,1-3H3,(H2,34,41)(H,35,36,37). The minimum atomic E-state index is -2.98. The second kappa shape index (κ2) is 11.5. The summed E-state index contributed by atoms with van der Waals surface area (Å²) in [5, 5.41) is 3.86. The molecule has 0 spiro atoms. The number of rotatable bonds is 9. The molecule has 3 atom stereocenters. The van der Waals surface area contributed by atoms with Crippen LogP contribution in [0, 0.1) is 11.8 Å². The third kappa shape index (κ3) is 6.21. The topological polar surface area (TPSA) is 119 Å². The minimum absolute atomic E-state index is 0.0124. The Kier molecular flexibility index (Phi) is 8.20. The molecule has 2 saturated heterocycles. The third-order valence-corrected chi connectivity index (χ3v) is 8.32. The summed E-state index contributed by atoms with van der Waals surface area (Å²) in [7, 11) is 1.56. The summed E-state index contributed by atoms with van der Waals surface area (Å²) >= 11 is 6.44. The molecule has 2 aliphatic rings. The van der Waals surface area contributed by atoms with Crippen molar-refractivity contribution in [1.29, 1.82) is 0 Å². The van der Waals surface area contributed by atoms with Crippen LogP contribution < -0.4 is 26.2 Å². The third-order valence-electron chi connectivity index (χ3n) is 8.05. The summed E-state index contributed by atoms with van der Waals surface area (Å²) in [6.07, 6.45) is 0.375. The van der Waals surface area contributed by atoms with E-state index in [1.54, 1.807) is 30.1 Å². The number of halogens is 5. The maximum Gasteiger partial charge on any atom is 0.293 e. The van der Waals surface area contributed by atoms with Gasteiger partial charge in [0.25, 0.3) is 23.3 Å². The van der Waals surface area contributed by atoms with Crippen LogP contribution in [0.4, 0.5) is 35.0 Å². The number of aryl methyl sites for hydroxylation is 1. The number of nitrogens with one attached hydrogen (secondary N) is 1. The van der Waals surface area contributed by atoms with E-state index < -0.39 is 54.3 Å². The van der Waals surface area contributed by atoms with Crippen molar-refractivity contribution in [3.05, 3.63) is 45.8 Å². The number of primary amides is 1. The van der Waals surface area contributed by atoms with Crippen molar-refractivity contribution in [2.24, 2.45) is 24.6 Å². The molecule has 4 heterocycles. The van der Waals surface area contributed by atoms with Crippen LogP contribution in [0.1, 0.15) is 20.3 Å². The fourth-order valence-corrected chi connectivity index (χ4v) is 5.64. The number of amides is 1. The lowest BCUT2D eigenvalue weighted by Crippen LogP contribution is -2.58. The van der Waals surface area contributed by atoms with Crippen LogP contribution in [0.25, 0.3) is 10.9 Å². The molecule has 1 amide bonds. The van der Waals surface area contributed by atoms with Crippen molar-refractivity contribution < 1.29 is 27.1 Å². The van der Waals surface area contributed by atoms with Crippen molar-refractivity contribution in [1.82, 2.24) is 19.4 Å². The van der Waals surface area contributed by atoms with Crippen molar-refractivity contribution in [3.63, 3.8) is 0 Å². The number of benzene rings is 1. The number of nitrogens with zero attached hydrogens (tertiary/aromatic N) is 5. The van der Waals surface area contributed by atoms with Gasteiger partial charge in [0.1, 0.15) is 5.02 Å². The summed E-state index contributed by atoms with van der Waals surface area (Å²) < 4.78 is 63.6. The van der Waals surface area contributed by atoms with Crippen molar-refractivity contribution in [2.45, 2.75) is 38.2 Å². The highest BCUT2D eigenvalue weighted by Gasteiger charge is 2.51. The summed E-state index contributed by atoms with van der Waals surface area (Å²) in [6.45, 7) is 2.13. The van der Waals surface area contributed by atoms with Gasteiger partial charge in [0, 0.05) is 43.0 Å². The Morgan fingerprint density at radius 1 is 1.26 bits per heavy atom. The maximum absolute atomic E-state index is 15.1. The molecular weight excluding hydrogens is 594 g/mol. The first-order valence-electron chi connectivity index (χ1n) is 13.8. The molecule has 0 bridgehead atoms. The van der Waals surface area contributed by atoms with Crippen LogP contribution >= 0.6 is 11.6 Å². The molecule has 0 radical (unpaired) electrons. The summed E-state index contributed by atoms with van der Waals surface area (Å²) in [4.78, 5) is 36.3. The number of nitrogens with two attached hydrogens (primary N) is 1. The number of piperidine rings is 1. The lowest BCUT2D eigenvalue weighted by atomic mass is 9.83. The maximum atomic E-state index is 15.1. The van der Waals surface area contributed by atoms with E-state index >= 15 is 8.78 Å². The molecule has 1 aromatic carbocycles. The average Bonchev–Trinajstić information content (AvgIpc) is 2.92. The number of hydrogen-bond acceptors (Lipinski definition) is 8. The van der Waals surface area contributed by atoms with E-state index in [1.807, 2.05) is 0 Å². The molecule has 232 valence electrons. The number of fused-ring (bicyclic) bond motifs is 1. The Balaban J connectivity index is 1.41. The molecule has 3 N–H and O–H groups in total. The van der Waals surface area contributed by atoms with Gasteiger partial charge in [0.15, 0.2) is 17.7 Å². The van der Waals surface area contributed by atoms with Gasteiger partial charge in [0.05, 0.1) is 24.8 Å². The minimum Gasteiger partial charge on any atom is -0.475 e. The van der Waals surface area contributed by atoms with Crippen molar-refractivity contribution in [2.75, 3.05) is 42.9 Å². The molecular formula is C28H32ClF4N7O3. The number of ether oxygens (including phenoxy) is 1. The van der Waals surface area contributed by atoms with E-state index in [2.05, 4.69) is 15.3 Å². The summed E-state index contributed by atoms with van der Waals surface area (Å²) in [6, 6.07) is 6.67. The van der Waals surface area contributed by atoms with Gasteiger partial charge in [-0.3, -0.25) is 14.5 Å². The van der Waals surface area contributed by atoms with Crippen LogP contribution in [0.5, 0.6) is 5.75 Å². The predicted octanol–water partition coefficient (Wildman–Crippen LogP) is 4.03. The molecule has 10 nitrogen and oxygen atoms in total. The molecule has 0 saturated carbocycles. The SMILES string of the molecule is CC(Oc1cc2c(Nc3nc(N4CC(C)C(F)(F)C(CCN5CC(F)(F)C5)C4)ncc3Cl)cccc2n(C)c1=O)C(N)=O. The lowest BCUT2D eigenvalue weighted by Gasteiger charge is -2.44. The number of carbonyl (C=O) groups excluding carboxylic acids is 1. The first-order valence-corrected chi connectivity index (χ1v) is 14.2. The Morgan fingerprint density at radius 2 is 1.98 bits per heavy atom. The van der Waals surface area contributed by atoms with E-state index in [0.29, 0.717) is 16.6 Å². The number of anilines is 3. The molecule has 2 fully saturated rings. The van der Waals surface area contributed by atoms with E-state index in [9.17, 15) is 18.4 Å². The van der Waals surface area contributed by atoms with E-state index in [4.69, 9.17) is 22.1 Å². The second-order valence-electron chi connectivity index (χ2n) is 11.3. The first-order chi connectivity index (χ1) is 20.2. The Morgan fingerprint density at radius 3 is 2.65 bits per heavy atom. The molecule has 0 aliphatic carbocycles. The molecule has 3 aromatic rings. The molecule has 15 heteroatoms. The van der Waals surface area contributed by atoms with Gasteiger partial charge in [0.2, 0.25) is 5.95 Å². The second-order valence-corrected chi connectivity index (χ2v) is 11.7. The Labute approximate surface area is 249 Å². The molecule has 3 unspecified atom stereocenters. The van der Waals surface area contributed by atoms with Crippen LogP contribution in [-0.2, 0) is 11.8 Å². The first kappa shape index (κ1) is 30.8. The van der Waals surface area contributed by atoms with Gasteiger partial charge in [-0.05, 0) is 38.1 Å². The molecule has 43 heavy (non-hydrogen) atoms. The number of carbonyl (C=O) groups is 1. The van der Waals surface area contributed by atoms with Gasteiger partial charge >= 0.3 is 0 Å². The number of alkyl halides is 4.